The first-order chi connectivity index (χ1) is 7.83. The van der Waals surface area contributed by atoms with E-state index < -0.39 is 0 Å². The van der Waals surface area contributed by atoms with Gasteiger partial charge < -0.3 is 9.84 Å². The third kappa shape index (κ3) is 2.07. The monoisotopic (exact) mass is 218 g/mol. The van der Waals surface area contributed by atoms with E-state index in [9.17, 15) is 5.11 Å². The van der Waals surface area contributed by atoms with Gasteiger partial charge in [0.25, 0.3) is 0 Å². The number of aliphatic hydroxyl groups is 1. The summed E-state index contributed by atoms with van der Waals surface area (Å²) >= 11 is 0. The number of fused-ring (bicyclic) bond motifs is 1. The zero-order chi connectivity index (χ0) is 11.0. The molecular formula is C14H18O2. The second-order valence-corrected chi connectivity index (χ2v) is 5.01. The summed E-state index contributed by atoms with van der Waals surface area (Å²) in [6.07, 6.45) is 5.68. The Morgan fingerprint density at radius 3 is 2.94 bits per heavy atom. The van der Waals surface area contributed by atoms with E-state index in [0.29, 0.717) is 13.0 Å². The lowest BCUT2D eigenvalue weighted by Crippen LogP contribution is -2.13. The summed E-state index contributed by atoms with van der Waals surface area (Å²) in [5.41, 5.74) is 2.31. The van der Waals surface area contributed by atoms with Gasteiger partial charge in [-0.15, -0.1) is 0 Å². The number of hydrogen-bond donors (Lipinski definition) is 1. The van der Waals surface area contributed by atoms with Crippen LogP contribution in [0.3, 0.4) is 0 Å². The Morgan fingerprint density at radius 2 is 2.12 bits per heavy atom. The van der Waals surface area contributed by atoms with Crippen molar-refractivity contribution in [1.29, 1.82) is 0 Å². The van der Waals surface area contributed by atoms with Crippen LogP contribution in [0, 0.1) is 5.92 Å². The van der Waals surface area contributed by atoms with Gasteiger partial charge in [-0.25, -0.2) is 0 Å². The van der Waals surface area contributed by atoms with E-state index in [1.165, 1.54) is 24.8 Å². The Balaban J connectivity index is 1.75. The lowest BCUT2D eigenvalue weighted by Gasteiger charge is -2.22. The summed E-state index contributed by atoms with van der Waals surface area (Å²) in [5, 5.41) is 9.80. The van der Waals surface area contributed by atoms with Crippen molar-refractivity contribution in [1.82, 2.24) is 0 Å². The SMILES string of the molecule is OC1CCOc2cc(CCC3CC3)ccc21. The smallest absolute Gasteiger partial charge is 0.125 e. The molecule has 2 nitrogen and oxygen atoms in total. The zero-order valence-corrected chi connectivity index (χ0v) is 9.48. The minimum Gasteiger partial charge on any atom is -0.493 e. The molecule has 1 N–H and O–H groups in total. The maximum absolute atomic E-state index is 9.80. The van der Waals surface area contributed by atoms with Crippen LogP contribution in [0.2, 0.25) is 0 Å². The summed E-state index contributed by atoms with van der Waals surface area (Å²) < 4.78 is 5.60. The van der Waals surface area contributed by atoms with Crippen LogP contribution in [-0.2, 0) is 6.42 Å². The Kier molecular flexibility index (Phi) is 2.60. The second-order valence-electron chi connectivity index (χ2n) is 5.01. The molecule has 1 saturated carbocycles. The summed E-state index contributed by atoms with van der Waals surface area (Å²) in [7, 11) is 0. The predicted molar refractivity (Wildman–Crippen MR) is 62.6 cm³/mol. The van der Waals surface area contributed by atoms with E-state index in [4.69, 9.17) is 4.74 Å². The van der Waals surface area contributed by atoms with Gasteiger partial charge in [0.05, 0.1) is 12.7 Å². The molecule has 0 spiro atoms. The van der Waals surface area contributed by atoms with Crippen LogP contribution in [0.15, 0.2) is 18.2 Å². The molecule has 0 radical (unpaired) electrons. The lowest BCUT2D eigenvalue weighted by molar-refractivity contribution is 0.115. The van der Waals surface area contributed by atoms with Gasteiger partial charge in [0.15, 0.2) is 0 Å². The second kappa shape index (κ2) is 4.10. The first-order valence-electron chi connectivity index (χ1n) is 6.26. The molecule has 3 rings (SSSR count). The molecular weight excluding hydrogens is 200 g/mol. The first kappa shape index (κ1) is 10.2. The van der Waals surface area contributed by atoms with Crippen LogP contribution >= 0.6 is 0 Å². The third-order valence-corrected chi connectivity index (χ3v) is 3.62. The molecule has 0 saturated heterocycles. The Morgan fingerprint density at radius 1 is 1.25 bits per heavy atom. The van der Waals surface area contributed by atoms with Gasteiger partial charge >= 0.3 is 0 Å². The average Bonchev–Trinajstić information content (AvgIpc) is 3.10. The molecule has 1 heterocycles. The highest BCUT2D eigenvalue weighted by molar-refractivity contribution is 5.40. The lowest BCUT2D eigenvalue weighted by atomic mass is 9.99. The minimum atomic E-state index is -0.332. The molecule has 0 aromatic heterocycles. The van der Waals surface area contributed by atoms with E-state index in [-0.39, 0.29) is 6.10 Å². The predicted octanol–water partition coefficient (Wildman–Crippen LogP) is 2.85. The van der Waals surface area contributed by atoms with Gasteiger partial charge in [-0.1, -0.05) is 25.0 Å². The van der Waals surface area contributed by atoms with E-state index in [0.717, 1.165) is 23.7 Å². The fourth-order valence-corrected chi connectivity index (χ4v) is 2.35. The summed E-state index contributed by atoms with van der Waals surface area (Å²) in [6.45, 7) is 0.639. The number of hydrogen-bond acceptors (Lipinski definition) is 2. The normalized spacial score (nSPS) is 23.7. The number of benzene rings is 1. The van der Waals surface area contributed by atoms with Gasteiger partial charge in [0.2, 0.25) is 0 Å². The largest absolute Gasteiger partial charge is 0.493 e. The van der Waals surface area contributed by atoms with Gasteiger partial charge in [-0.2, -0.15) is 0 Å². The summed E-state index contributed by atoms with van der Waals surface area (Å²) in [6, 6.07) is 6.28. The van der Waals surface area contributed by atoms with Crippen LogP contribution in [0.25, 0.3) is 0 Å². The van der Waals surface area contributed by atoms with Gasteiger partial charge in [-0.05, 0) is 30.4 Å². The molecule has 1 atom stereocenters. The van der Waals surface area contributed by atoms with Crippen molar-refractivity contribution < 1.29 is 9.84 Å². The van der Waals surface area contributed by atoms with E-state index >= 15 is 0 Å². The van der Waals surface area contributed by atoms with Crippen molar-refractivity contribution in [2.24, 2.45) is 5.92 Å². The van der Waals surface area contributed by atoms with Gasteiger partial charge in [0, 0.05) is 12.0 Å². The first-order valence-corrected chi connectivity index (χ1v) is 6.26. The minimum absolute atomic E-state index is 0.332. The van der Waals surface area contributed by atoms with E-state index in [1.54, 1.807) is 0 Å². The van der Waals surface area contributed by atoms with Crippen molar-refractivity contribution in [3.05, 3.63) is 29.3 Å². The number of ether oxygens (including phenoxy) is 1. The summed E-state index contributed by atoms with van der Waals surface area (Å²) in [5.74, 6) is 1.87. The van der Waals surface area contributed by atoms with Crippen LogP contribution in [0.1, 0.15) is 42.9 Å². The fraction of sp³-hybridized carbons (Fsp3) is 0.571. The highest BCUT2D eigenvalue weighted by Gasteiger charge is 2.22. The molecule has 2 aliphatic rings. The Labute approximate surface area is 96.2 Å². The Bertz CT molecular complexity index is 382. The molecule has 0 amide bonds. The standard InChI is InChI=1S/C14H18O2/c15-13-7-8-16-14-9-11(5-6-12(13)14)4-3-10-1-2-10/h5-6,9-10,13,15H,1-4,7-8H2. The molecule has 1 unspecified atom stereocenters. The number of rotatable bonds is 3. The Hall–Kier alpha value is -1.02. The molecule has 1 aliphatic heterocycles. The maximum atomic E-state index is 9.80. The average molecular weight is 218 g/mol. The molecule has 16 heavy (non-hydrogen) atoms. The zero-order valence-electron chi connectivity index (χ0n) is 9.48. The van der Waals surface area contributed by atoms with Crippen LogP contribution in [0.5, 0.6) is 5.75 Å². The van der Waals surface area contributed by atoms with Crippen molar-refractivity contribution in [3.63, 3.8) is 0 Å². The van der Waals surface area contributed by atoms with Crippen molar-refractivity contribution in [2.45, 2.75) is 38.2 Å². The third-order valence-electron chi connectivity index (χ3n) is 3.62. The van der Waals surface area contributed by atoms with E-state index in [2.05, 4.69) is 12.1 Å². The number of aryl methyl sites for hydroxylation is 1. The highest BCUT2D eigenvalue weighted by Crippen LogP contribution is 2.36. The molecule has 1 fully saturated rings. The molecule has 2 heteroatoms. The molecule has 0 bridgehead atoms. The maximum Gasteiger partial charge on any atom is 0.125 e. The van der Waals surface area contributed by atoms with Crippen molar-refractivity contribution in [3.8, 4) is 5.75 Å². The molecule has 86 valence electrons. The van der Waals surface area contributed by atoms with Crippen LogP contribution < -0.4 is 4.74 Å². The van der Waals surface area contributed by atoms with Crippen LogP contribution in [-0.4, -0.2) is 11.7 Å². The highest BCUT2D eigenvalue weighted by atomic mass is 16.5. The van der Waals surface area contributed by atoms with Gasteiger partial charge in [-0.3, -0.25) is 0 Å². The fourth-order valence-electron chi connectivity index (χ4n) is 2.35. The van der Waals surface area contributed by atoms with Crippen LogP contribution in [0.4, 0.5) is 0 Å². The quantitative estimate of drug-likeness (QED) is 0.845. The van der Waals surface area contributed by atoms with Gasteiger partial charge in [0.1, 0.15) is 5.75 Å². The van der Waals surface area contributed by atoms with Crippen molar-refractivity contribution >= 4 is 0 Å². The summed E-state index contributed by atoms with van der Waals surface area (Å²) in [4.78, 5) is 0. The molecule has 1 aromatic carbocycles. The molecule has 1 aromatic rings. The topological polar surface area (TPSA) is 29.5 Å². The number of aliphatic hydroxyl groups excluding tert-OH is 1. The van der Waals surface area contributed by atoms with E-state index in [1.807, 2.05) is 6.07 Å². The van der Waals surface area contributed by atoms with Crippen molar-refractivity contribution in [2.75, 3.05) is 6.61 Å². The molecule has 1 aliphatic carbocycles.